The molecule has 5 heteroatoms. The molecule has 34 heavy (non-hydrogen) atoms. The van der Waals surface area contributed by atoms with Gasteiger partial charge in [0.1, 0.15) is 11.5 Å². The highest BCUT2D eigenvalue weighted by Gasteiger charge is 2.23. The summed E-state index contributed by atoms with van der Waals surface area (Å²) in [6.07, 6.45) is 8.09. The first kappa shape index (κ1) is 23.8. The van der Waals surface area contributed by atoms with E-state index in [-0.39, 0.29) is 18.4 Å². The molecule has 2 aliphatic rings. The van der Waals surface area contributed by atoms with E-state index < -0.39 is 0 Å². The molecule has 1 atom stereocenters. The summed E-state index contributed by atoms with van der Waals surface area (Å²) in [5.74, 6) is 2.71. The van der Waals surface area contributed by atoms with E-state index in [1.807, 2.05) is 25.1 Å². The fourth-order valence-corrected chi connectivity index (χ4v) is 4.83. The molecule has 1 unspecified atom stereocenters. The van der Waals surface area contributed by atoms with Gasteiger partial charge in [0, 0.05) is 36.3 Å². The zero-order valence-corrected chi connectivity index (χ0v) is 20.2. The number of fused-ring (bicyclic) bond motifs is 1. The van der Waals surface area contributed by atoms with E-state index in [0.717, 1.165) is 36.1 Å². The summed E-state index contributed by atoms with van der Waals surface area (Å²) in [6, 6.07) is 11.3. The van der Waals surface area contributed by atoms with Gasteiger partial charge in [-0.05, 0) is 50.5 Å². The Hall–Kier alpha value is -3.34. The van der Waals surface area contributed by atoms with Crippen LogP contribution in [0.2, 0.25) is 0 Å². The molecule has 0 saturated carbocycles. The predicted octanol–water partition coefficient (Wildman–Crippen LogP) is 6.18. The second-order valence-electron chi connectivity index (χ2n) is 8.97. The van der Waals surface area contributed by atoms with E-state index >= 15 is 0 Å². The third kappa shape index (κ3) is 5.41. The van der Waals surface area contributed by atoms with Gasteiger partial charge in [-0.25, -0.2) is 0 Å². The van der Waals surface area contributed by atoms with Crippen LogP contribution in [0.25, 0.3) is 0 Å². The van der Waals surface area contributed by atoms with Crippen molar-refractivity contribution < 1.29 is 23.8 Å². The number of ether oxygens (including phenoxy) is 3. The van der Waals surface area contributed by atoms with E-state index in [0.29, 0.717) is 42.2 Å². The Morgan fingerprint density at radius 1 is 0.971 bits per heavy atom. The molecule has 1 aliphatic carbocycles. The highest BCUT2D eigenvalue weighted by atomic mass is 16.7. The second kappa shape index (κ2) is 10.7. The molecule has 2 aromatic carbocycles. The Bertz CT molecular complexity index is 1140. The van der Waals surface area contributed by atoms with Crippen molar-refractivity contribution in [2.45, 2.75) is 52.4 Å². The maximum Gasteiger partial charge on any atom is 0.231 e. The first-order valence-electron chi connectivity index (χ1n) is 12.0. The standard InChI is InChI=1S/C29H32O5/c1-4-25-20(8-11-24(30)16-23-15-19(2)5-13-27(23)32-3)6-7-21(25)9-12-26(31)22-10-14-28-29(17-22)34-18-33-28/h5-7,10,13-15,17,25H,4,8-9,11-12,16,18H2,1-3H3. The lowest BCUT2D eigenvalue weighted by Gasteiger charge is -2.18. The highest BCUT2D eigenvalue weighted by molar-refractivity contribution is 5.96. The quantitative estimate of drug-likeness (QED) is 0.375. The van der Waals surface area contributed by atoms with Crippen molar-refractivity contribution >= 4 is 11.6 Å². The number of allylic oxidation sites excluding steroid dienone is 4. The molecular formula is C29H32O5. The lowest BCUT2D eigenvalue weighted by Crippen LogP contribution is -2.09. The summed E-state index contributed by atoms with van der Waals surface area (Å²) in [5.41, 5.74) is 5.29. The molecule has 178 valence electrons. The Morgan fingerprint density at radius 2 is 1.71 bits per heavy atom. The van der Waals surface area contributed by atoms with Gasteiger partial charge in [0.05, 0.1) is 7.11 Å². The molecule has 4 rings (SSSR count). The number of benzene rings is 2. The van der Waals surface area contributed by atoms with Gasteiger partial charge in [0.25, 0.3) is 0 Å². The second-order valence-corrected chi connectivity index (χ2v) is 8.97. The number of rotatable bonds is 11. The monoisotopic (exact) mass is 460 g/mol. The fraction of sp³-hybridized carbons (Fsp3) is 0.379. The summed E-state index contributed by atoms with van der Waals surface area (Å²) in [7, 11) is 1.64. The van der Waals surface area contributed by atoms with Crippen molar-refractivity contribution in [3.63, 3.8) is 0 Å². The number of methoxy groups -OCH3 is 1. The lowest BCUT2D eigenvalue weighted by atomic mass is 9.87. The molecule has 0 fully saturated rings. The van der Waals surface area contributed by atoms with Gasteiger partial charge in [-0.2, -0.15) is 0 Å². The normalized spacial score (nSPS) is 16.3. The van der Waals surface area contributed by atoms with E-state index in [1.54, 1.807) is 25.3 Å². The molecular weight excluding hydrogens is 428 g/mol. The van der Waals surface area contributed by atoms with Gasteiger partial charge >= 0.3 is 0 Å². The van der Waals surface area contributed by atoms with Crippen molar-refractivity contribution in [3.8, 4) is 17.2 Å². The van der Waals surface area contributed by atoms with Crippen LogP contribution in [0, 0.1) is 12.8 Å². The van der Waals surface area contributed by atoms with E-state index in [1.165, 1.54) is 11.1 Å². The minimum Gasteiger partial charge on any atom is -0.496 e. The number of hydrogen-bond donors (Lipinski definition) is 0. The number of aryl methyl sites for hydroxylation is 1. The zero-order valence-electron chi connectivity index (χ0n) is 20.2. The van der Waals surface area contributed by atoms with Crippen LogP contribution in [-0.2, 0) is 11.2 Å². The zero-order chi connectivity index (χ0) is 24.1. The van der Waals surface area contributed by atoms with Gasteiger partial charge in [-0.3, -0.25) is 9.59 Å². The first-order chi connectivity index (χ1) is 16.5. The van der Waals surface area contributed by atoms with Crippen molar-refractivity contribution in [1.29, 1.82) is 0 Å². The van der Waals surface area contributed by atoms with Crippen molar-refractivity contribution in [1.82, 2.24) is 0 Å². The molecule has 0 radical (unpaired) electrons. The van der Waals surface area contributed by atoms with Crippen molar-refractivity contribution in [3.05, 3.63) is 76.4 Å². The van der Waals surface area contributed by atoms with Crippen LogP contribution in [0.3, 0.4) is 0 Å². The Labute approximate surface area is 201 Å². The maximum absolute atomic E-state index is 12.7. The summed E-state index contributed by atoms with van der Waals surface area (Å²) in [4.78, 5) is 25.5. The van der Waals surface area contributed by atoms with Crippen LogP contribution in [0.4, 0.5) is 0 Å². The molecule has 0 bridgehead atoms. The van der Waals surface area contributed by atoms with Crippen LogP contribution >= 0.6 is 0 Å². The molecule has 1 aliphatic heterocycles. The molecule has 0 spiro atoms. The molecule has 0 aromatic heterocycles. The van der Waals surface area contributed by atoms with Crippen molar-refractivity contribution in [2.24, 2.45) is 5.92 Å². The maximum atomic E-state index is 12.7. The number of hydrogen-bond acceptors (Lipinski definition) is 5. The van der Waals surface area contributed by atoms with Crippen LogP contribution in [0.1, 0.15) is 60.5 Å². The van der Waals surface area contributed by atoms with Crippen molar-refractivity contribution in [2.75, 3.05) is 13.9 Å². The van der Waals surface area contributed by atoms with Gasteiger partial charge in [0.2, 0.25) is 6.79 Å². The predicted molar refractivity (Wildman–Crippen MR) is 132 cm³/mol. The molecule has 0 saturated heterocycles. The van der Waals surface area contributed by atoms with Crippen LogP contribution < -0.4 is 14.2 Å². The number of carbonyl (C=O) groups is 2. The van der Waals surface area contributed by atoms with Gasteiger partial charge in [-0.1, -0.05) is 47.9 Å². The third-order valence-corrected chi connectivity index (χ3v) is 6.67. The van der Waals surface area contributed by atoms with Crippen LogP contribution in [0.15, 0.2) is 59.7 Å². The minimum absolute atomic E-state index is 0.102. The topological polar surface area (TPSA) is 61.8 Å². The summed E-state index contributed by atoms with van der Waals surface area (Å²) >= 11 is 0. The highest BCUT2D eigenvalue weighted by Crippen LogP contribution is 2.36. The molecule has 0 N–H and O–H groups in total. The molecule has 1 heterocycles. The van der Waals surface area contributed by atoms with E-state index in [9.17, 15) is 9.59 Å². The Balaban J connectivity index is 1.28. The fourth-order valence-electron chi connectivity index (χ4n) is 4.83. The number of ketones is 2. The smallest absolute Gasteiger partial charge is 0.231 e. The lowest BCUT2D eigenvalue weighted by molar-refractivity contribution is -0.118. The largest absolute Gasteiger partial charge is 0.496 e. The first-order valence-corrected chi connectivity index (χ1v) is 12.0. The van der Waals surface area contributed by atoms with Crippen LogP contribution in [0.5, 0.6) is 17.2 Å². The average Bonchev–Trinajstić information content (AvgIpc) is 3.47. The Kier molecular flexibility index (Phi) is 7.51. The van der Waals surface area contributed by atoms with Gasteiger partial charge < -0.3 is 14.2 Å². The number of Topliss-reactive ketones (excluding diaryl/α,β-unsaturated/α-hetero) is 2. The van der Waals surface area contributed by atoms with Gasteiger partial charge in [0.15, 0.2) is 17.3 Å². The minimum atomic E-state index is 0.102. The molecule has 0 amide bonds. The van der Waals surface area contributed by atoms with E-state index in [2.05, 4.69) is 19.1 Å². The average molecular weight is 461 g/mol. The summed E-state index contributed by atoms with van der Waals surface area (Å²) in [6.45, 7) is 4.39. The summed E-state index contributed by atoms with van der Waals surface area (Å²) in [5, 5.41) is 0. The van der Waals surface area contributed by atoms with E-state index in [4.69, 9.17) is 14.2 Å². The molecule has 2 aromatic rings. The number of carbonyl (C=O) groups excluding carboxylic acids is 2. The van der Waals surface area contributed by atoms with Crippen LogP contribution in [-0.4, -0.2) is 25.5 Å². The SMILES string of the molecule is CCC1C(CCC(=O)Cc2cc(C)ccc2OC)=CC=C1CCC(=O)c1ccc2c(c1)OCO2. The summed E-state index contributed by atoms with van der Waals surface area (Å²) < 4.78 is 16.1. The third-order valence-electron chi connectivity index (χ3n) is 6.67. The van der Waals surface area contributed by atoms with Gasteiger partial charge in [-0.15, -0.1) is 0 Å². The molecule has 5 nitrogen and oxygen atoms in total. The Morgan fingerprint density at radius 3 is 2.44 bits per heavy atom.